The van der Waals surface area contributed by atoms with Crippen LogP contribution in [0, 0.1) is 35.5 Å². The van der Waals surface area contributed by atoms with Gasteiger partial charge in [-0.1, -0.05) is 220 Å². The number of rotatable bonds is 43. The molecule has 2 aliphatic rings. The fourth-order valence-corrected chi connectivity index (χ4v) is 10.4. The number of unbranched alkanes of at least 4 members (excludes halogenated alkanes) is 20. The van der Waals surface area contributed by atoms with Gasteiger partial charge in [0.15, 0.2) is 0 Å². The smallest absolute Gasteiger partial charge is 0.308 e. The van der Waals surface area contributed by atoms with Crippen LogP contribution in [-0.4, -0.2) is 48.8 Å². The van der Waals surface area contributed by atoms with Crippen LogP contribution in [0.1, 0.15) is 265 Å². The topological polar surface area (TPSA) is 49.8 Å². The Morgan fingerprint density at radius 2 is 0.982 bits per heavy atom. The van der Waals surface area contributed by atoms with Crippen molar-refractivity contribution in [2.24, 2.45) is 35.5 Å². The van der Waals surface area contributed by atoms with Gasteiger partial charge in [0.1, 0.15) is 0 Å². The van der Waals surface area contributed by atoms with E-state index in [4.69, 9.17) is 4.74 Å². The van der Waals surface area contributed by atoms with Crippen LogP contribution in [0.3, 0.4) is 0 Å². The summed E-state index contributed by atoms with van der Waals surface area (Å²) in [5.74, 6) is 4.53. The Morgan fingerprint density at radius 3 is 1.46 bits per heavy atom. The van der Waals surface area contributed by atoms with Crippen molar-refractivity contribution < 1.29 is 14.6 Å². The maximum Gasteiger partial charge on any atom is 0.308 e. The Labute approximate surface area is 358 Å². The van der Waals surface area contributed by atoms with E-state index in [1.807, 2.05) is 0 Å². The largest absolute Gasteiger partial charge is 0.465 e. The summed E-state index contributed by atoms with van der Waals surface area (Å²) in [5.41, 5.74) is 0. The molecule has 0 radical (unpaired) electrons. The molecule has 2 aliphatic carbocycles. The first-order valence-electron chi connectivity index (χ1n) is 26.6. The summed E-state index contributed by atoms with van der Waals surface area (Å²) in [6.07, 6.45) is 48.7. The lowest BCUT2D eigenvalue weighted by molar-refractivity contribution is -0.149. The molecule has 0 aliphatic heterocycles. The molecule has 0 aromatic carbocycles. The summed E-state index contributed by atoms with van der Waals surface area (Å²) in [7, 11) is 0. The van der Waals surface area contributed by atoms with Gasteiger partial charge in [-0.2, -0.15) is 0 Å². The third-order valence-electron chi connectivity index (χ3n) is 14.7. The average molecular weight is 802 g/mol. The number of carbonyl (C=O) groups excluding carboxylic acids is 1. The van der Waals surface area contributed by atoms with Gasteiger partial charge in [0.25, 0.3) is 0 Å². The molecular formula is C53H103NO3. The van der Waals surface area contributed by atoms with Crippen molar-refractivity contribution in [2.45, 2.75) is 265 Å². The van der Waals surface area contributed by atoms with Crippen LogP contribution < -0.4 is 0 Å². The Kier molecular flexibility index (Phi) is 34.3. The van der Waals surface area contributed by atoms with E-state index >= 15 is 0 Å². The van der Waals surface area contributed by atoms with E-state index in [-0.39, 0.29) is 11.9 Å². The predicted octanol–water partition coefficient (Wildman–Crippen LogP) is 16.1. The van der Waals surface area contributed by atoms with E-state index in [1.54, 1.807) is 0 Å². The fourth-order valence-electron chi connectivity index (χ4n) is 10.4. The highest BCUT2D eigenvalue weighted by atomic mass is 16.5. The van der Waals surface area contributed by atoms with Gasteiger partial charge < -0.3 is 14.7 Å². The second kappa shape index (κ2) is 37.2. The normalized spacial score (nSPS) is 16.5. The molecule has 1 N–H and O–H groups in total. The number of hydrogen-bond donors (Lipinski definition) is 1. The van der Waals surface area contributed by atoms with Crippen LogP contribution >= 0.6 is 0 Å². The van der Waals surface area contributed by atoms with Crippen molar-refractivity contribution in [1.82, 2.24) is 4.90 Å². The molecule has 0 heterocycles. The molecule has 0 amide bonds. The molecule has 0 saturated heterocycles. The van der Waals surface area contributed by atoms with Crippen molar-refractivity contribution in [2.75, 3.05) is 32.8 Å². The van der Waals surface area contributed by atoms with E-state index in [2.05, 4.69) is 32.6 Å². The molecule has 4 nitrogen and oxygen atoms in total. The van der Waals surface area contributed by atoms with Crippen LogP contribution in [-0.2, 0) is 9.53 Å². The summed E-state index contributed by atoms with van der Waals surface area (Å²) in [4.78, 5) is 16.3. The van der Waals surface area contributed by atoms with Gasteiger partial charge in [0.2, 0.25) is 0 Å². The SMILES string of the molecule is CCCCCCCCC(CCCCCC)C(=O)OCCCCC(CN(CCCCO)CC(C(CCCCCCCC)CCCCCCCC)C1CCC1)C1CCC1. The molecule has 0 aromatic heterocycles. The minimum Gasteiger partial charge on any atom is -0.465 e. The monoisotopic (exact) mass is 802 g/mol. The molecule has 338 valence electrons. The van der Waals surface area contributed by atoms with Crippen molar-refractivity contribution in [3.63, 3.8) is 0 Å². The standard InChI is InChI=1S/C53H103NO3/c1-5-9-13-17-20-24-33-48(34-25-21-18-14-10-6-2)52(49-40-32-41-49)46-54(42-28-29-43-55)45-51(47-38-31-39-47)37-27-30-44-57-53(56)50(35-23-16-12-8-4)36-26-22-19-15-11-7-3/h47-52,55H,5-46H2,1-4H3. The molecule has 0 spiro atoms. The van der Waals surface area contributed by atoms with Crippen molar-refractivity contribution in [1.29, 1.82) is 0 Å². The summed E-state index contributed by atoms with van der Waals surface area (Å²) >= 11 is 0. The maximum absolute atomic E-state index is 13.3. The summed E-state index contributed by atoms with van der Waals surface area (Å²) in [6.45, 7) is 13.9. The summed E-state index contributed by atoms with van der Waals surface area (Å²) < 4.78 is 6.06. The number of nitrogens with zero attached hydrogens (tertiary/aromatic N) is 1. The van der Waals surface area contributed by atoms with E-state index in [9.17, 15) is 9.90 Å². The third kappa shape index (κ3) is 25.7. The van der Waals surface area contributed by atoms with Crippen LogP contribution in [0.2, 0.25) is 0 Å². The lowest BCUT2D eigenvalue weighted by Crippen LogP contribution is -2.43. The molecule has 3 unspecified atom stereocenters. The third-order valence-corrected chi connectivity index (χ3v) is 14.7. The van der Waals surface area contributed by atoms with Gasteiger partial charge in [-0.25, -0.2) is 0 Å². The molecule has 2 saturated carbocycles. The van der Waals surface area contributed by atoms with E-state index in [0.717, 1.165) is 68.2 Å². The minimum atomic E-state index is 0.101. The maximum atomic E-state index is 13.3. The Hall–Kier alpha value is -0.610. The average Bonchev–Trinajstić information content (AvgIpc) is 3.16. The molecule has 2 rings (SSSR count). The van der Waals surface area contributed by atoms with Crippen molar-refractivity contribution >= 4 is 5.97 Å². The van der Waals surface area contributed by atoms with Gasteiger partial charge >= 0.3 is 5.97 Å². The van der Waals surface area contributed by atoms with Gasteiger partial charge in [-0.15, -0.1) is 0 Å². The predicted molar refractivity (Wildman–Crippen MR) is 249 cm³/mol. The molecular weight excluding hydrogens is 699 g/mol. The number of aliphatic hydroxyl groups is 1. The zero-order valence-electron chi connectivity index (χ0n) is 39.4. The number of ether oxygens (including phenoxy) is 1. The van der Waals surface area contributed by atoms with E-state index in [0.29, 0.717) is 13.2 Å². The highest BCUT2D eigenvalue weighted by molar-refractivity contribution is 5.72. The Bertz CT molecular complexity index is 854. The van der Waals surface area contributed by atoms with Crippen molar-refractivity contribution in [3.8, 4) is 0 Å². The van der Waals surface area contributed by atoms with Crippen molar-refractivity contribution in [3.05, 3.63) is 0 Å². The Morgan fingerprint density at radius 1 is 0.526 bits per heavy atom. The van der Waals surface area contributed by atoms with E-state index in [1.165, 1.54) is 219 Å². The molecule has 4 heteroatoms. The summed E-state index contributed by atoms with van der Waals surface area (Å²) in [6, 6.07) is 0. The van der Waals surface area contributed by atoms with Gasteiger partial charge in [-0.3, -0.25) is 4.79 Å². The second-order valence-electron chi connectivity index (χ2n) is 19.6. The van der Waals surface area contributed by atoms with Gasteiger partial charge in [0.05, 0.1) is 12.5 Å². The highest BCUT2D eigenvalue weighted by Crippen LogP contribution is 2.42. The molecule has 2 fully saturated rings. The van der Waals surface area contributed by atoms with Crippen LogP contribution in [0.15, 0.2) is 0 Å². The second-order valence-corrected chi connectivity index (χ2v) is 19.6. The molecule has 57 heavy (non-hydrogen) atoms. The number of carbonyl (C=O) groups is 1. The first-order chi connectivity index (χ1) is 28.1. The fraction of sp³-hybridized carbons (Fsp3) is 0.981. The number of aliphatic hydroxyl groups excluding tert-OH is 1. The highest BCUT2D eigenvalue weighted by Gasteiger charge is 2.35. The lowest BCUT2D eigenvalue weighted by Gasteiger charge is -2.44. The molecule has 3 atom stereocenters. The quantitative estimate of drug-likeness (QED) is 0.0493. The number of esters is 1. The van der Waals surface area contributed by atoms with Crippen LogP contribution in [0.4, 0.5) is 0 Å². The first-order valence-corrected chi connectivity index (χ1v) is 26.6. The zero-order valence-corrected chi connectivity index (χ0v) is 39.4. The van der Waals surface area contributed by atoms with Crippen LogP contribution in [0.5, 0.6) is 0 Å². The Balaban J connectivity index is 2.01. The number of hydrogen-bond acceptors (Lipinski definition) is 4. The summed E-state index contributed by atoms with van der Waals surface area (Å²) in [5, 5.41) is 9.78. The van der Waals surface area contributed by atoms with E-state index < -0.39 is 0 Å². The van der Waals surface area contributed by atoms with Crippen LogP contribution in [0.25, 0.3) is 0 Å². The van der Waals surface area contributed by atoms with Gasteiger partial charge in [-0.05, 0) is 81.1 Å². The minimum absolute atomic E-state index is 0.101. The lowest BCUT2D eigenvalue weighted by atomic mass is 9.67. The zero-order chi connectivity index (χ0) is 41.0. The van der Waals surface area contributed by atoms with Gasteiger partial charge in [0, 0.05) is 19.7 Å². The molecule has 0 bridgehead atoms. The first kappa shape index (κ1) is 52.5. The molecule has 0 aromatic rings.